The van der Waals surface area contributed by atoms with Crippen molar-refractivity contribution in [3.63, 3.8) is 0 Å². The smallest absolute Gasteiger partial charge is 0.293 e. The summed E-state index contributed by atoms with van der Waals surface area (Å²) in [6, 6.07) is 0.392. The maximum absolute atomic E-state index is 12.3. The van der Waals surface area contributed by atoms with E-state index in [0.717, 1.165) is 32.2 Å². The zero-order chi connectivity index (χ0) is 13.0. The van der Waals surface area contributed by atoms with Crippen molar-refractivity contribution >= 4 is 17.4 Å². The van der Waals surface area contributed by atoms with Crippen molar-refractivity contribution in [2.24, 2.45) is 0 Å². The van der Waals surface area contributed by atoms with E-state index in [0.29, 0.717) is 24.3 Å². The van der Waals surface area contributed by atoms with Crippen LogP contribution in [0.15, 0.2) is 17.2 Å². The first-order valence-electron chi connectivity index (χ1n) is 6.66. The summed E-state index contributed by atoms with van der Waals surface area (Å²) >= 11 is 5.81. The predicted octanol–water partition coefficient (Wildman–Crippen LogP) is 2.42. The molecule has 1 saturated carbocycles. The van der Waals surface area contributed by atoms with Crippen LogP contribution in [0.25, 0.3) is 0 Å². The summed E-state index contributed by atoms with van der Waals surface area (Å²) in [5.41, 5.74) is 0.0289. The van der Waals surface area contributed by atoms with E-state index < -0.39 is 0 Å². The molecule has 1 aliphatic rings. The summed E-state index contributed by atoms with van der Waals surface area (Å²) in [5.74, 6) is 1.07. The third-order valence-electron chi connectivity index (χ3n) is 3.23. The Hall–Kier alpha value is -1.03. The van der Waals surface area contributed by atoms with Crippen LogP contribution in [0.3, 0.4) is 0 Å². The van der Waals surface area contributed by atoms with Crippen LogP contribution in [0.5, 0.6) is 0 Å². The van der Waals surface area contributed by atoms with E-state index in [1.165, 1.54) is 0 Å². The van der Waals surface area contributed by atoms with Gasteiger partial charge in [0.2, 0.25) is 0 Å². The Morgan fingerprint density at radius 1 is 1.50 bits per heavy atom. The lowest BCUT2D eigenvalue weighted by Crippen LogP contribution is -2.35. The lowest BCUT2D eigenvalue weighted by Gasteiger charge is -2.22. The highest BCUT2D eigenvalue weighted by atomic mass is 35.5. The van der Waals surface area contributed by atoms with Gasteiger partial charge in [0.25, 0.3) is 5.56 Å². The topological polar surface area (TPSA) is 38.1 Å². The molecule has 0 spiro atoms. The molecule has 1 aromatic rings. The summed E-state index contributed by atoms with van der Waals surface area (Å²) in [6.45, 7) is 3.67. The molecule has 0 bridgehead atoms. The quantitative estimate of drug-likeness (QED) is 0.714. The summed E-state index contributed by atoms with van der Waals surface area (Å²) in [5, 5.41) is 0. The first kappa shape index (κ1) is 13.4. The molecule has 1 aliphatic carbocycles. The van der Waals surface area contributed by atoms with Gasteiger partial charge in [-0.1, -0.05) is 13.3 Å². The van der Waals surface area contributed by atoms with Crippen molar-refractivity contribution in [1.29, 1.82) is 0 Å². The first-order valence-corrected chi connectivity index (χ1v) is 7.19. The van der Waals surface area contributed by atoms with Gasteiger partial charge in [0.1, 0.15) is 0 Å². The SMILES string of the molecule is CCCCN(CCCl)c1nccn(C2CC2)c1=O. The molecule has 0 atom stereocenters. The average Bonchev–Trinajstić information content (AvgIpc) is 3.19. The number of rotatable bonds is 7. The van der Waals surface area contributed by atoms with Crippen molar-refractivity contribution in [2.75, 3.05) is 23.9 Å². The van der Waals surface area contributed by atoms with Crippen LogP contribution in [-0.4, -0.2) is 28.5 Å². The predicted molar refractivity (Wildman–Crippen MR) is 74.6 cm³/mol. The summed E-state index contributed by atoms with van der Waals surface area (Å²) < 4.78 is 1.81. The number of unbranched alkanes of at least 4 members (excludes halogenated alkanes) is 1. The number of hydrogen-bond donors (Lipinski definition) is 0. The van der Waals surface area contributed by atoms with Gasteiger partial charge in [-0.2, -0.15) is 0 Å². The Labute approximate surface area is 113 Å². The van der Waals surface area contributed by atoms with E-state index in [1.54, 1.807) is 12.4 Å². The largest absolute Gasteiger partial charge is 0.351 e. The molecule has 2 rings (SSSR count). The molecule has 18 heavy (non-hydrogen) atoms. The highest BCUT2D eigenvalue weighted by Crippen LogP contribution is 2.33. The normalized spacial score (nSPS) is 14.8. The lowest BCUT2D eigenvalue weighted by atomic mass is 10.3. The van der Waals surface area contributed by atoms with Crippen LogP contribution in [0.2, 0.25) is 0 Å². The maximum Gasteiger partial charge on any atom is 0.293 e. The first-order chi connectivity index (χ1) is 8.77. The molecule has 0 amide bonds. The molecule has 1 aromatic heterocycles. The van der Waals surface area contributed by atoms with Gasteiger partial charge < -0.3 is 9.47 Å². The van der Waals surface area contributed by atoms with Gasteiger partial charge in [-0.25, -0.2) is 4.98 Å². The zero-order valence-corrected chi connectivity index (χ0v) is 11.6. The van der Waals surface area contributed by atoms with E-state index in [9.17, 15) is 4.79 Å². The third kappa shape index (κ3) is 3.05. The number of halogens is 1. The van der Waals surface area contributed by atoms with Crippen molar-refractivity contribution in [1.82, 2.24) is 9.55 Å². The van der Waals surface area contributed by atoms with Gasteiger partial charge in [0, 0.05) is 37.4 Å². The van der Waals surface area contributed by atoms with Crippen molar-refractivity contribution < 1.29 is 0 Å². The summed E-state index contributed by atoms with van der Waals surface area (Å²) in [7, 11) is 0. The molecule has 4 nitrogen and oxygen atoms in total. The molecular weight excluding hydrogens is 250 g/mol. The summed E-state index contributed by atoms with van der Waals surface area (Å²) in [4.78, 5) is 18.6. The number of nitrogens with zero attached hydrogens (tertiary/aromatic N) is 3. The average molecular weight is 270 g/mol. The van der Waals surface area contributed by atoms with E-state index >= 15 is 0 Å². The molecule has 0 unspecified atom stereocenters. The molecule has 5 heteroatoms. The minimum atomic E-state index is 0.0289. The van der Waals surface area contributed by atoms with Crippen LogP contribution < -0.4 is 10.5 Å². The standard InChI is InChI=1S/C13H20ClN3O/c1-2-3-8-16(9-6-14)12-13(18)17(10-7-15-12)11-4-5-11/h7,10-11H,2-6,8-9H2,1H3. The molecule has 0 radical (unpaired) electrons. The third-order valence-corrected chi connectivity index (χ3v) is 3.39. The Bertz CT molecular complexity index is 442. The fourth-order valence-corrected chi connectivity index (χ4v) is 2.25. The van der Waals surface area contributed by atoms with Crippen LogP contribution in [0.4, 0.5) is 5.82 Å². The van der Waals surface area contributed by atoms with E-state index in [1.807, 2.05) is 9.47 Å². The monoisotopic (exact) mass is 269 g/mol. The van der Waals surface area contributed by atoms with Crippen LogP contribution in [0.1, 0.15) is 38.6 Å². The Morgan fingerprint density at radius 2 is 2.28 bits per heavy atom. The highest BCUT2D eigenvalue weighted by Gasteiger charge is 2.26. The van der Waals surface area contributed by atoms with E-state index in [4.69, 9.17) is 11.6 Å². The molecule has 1 heterocycles. The fraction of sp³-hybridized carbons (Fsp3) is 0.692. The number of aromatic nitrogens is 2. The van der Waals surface area contributed by atoms with Crippen molar-refractivity contribution in [3.8, 4) is 0 Å². The minimum absolute atomic E-state index is 0.0289. The van der Waals surface area contributed by atoms with Gasteiger partial charge >= 0.3 is 0 Å². The Kier molecular flexibility index (Phi) is 4.64. The van der Waals surface area contributed by atoms with Crippen LogP contribution in [0, 0.1) is 0 Å². The van der Waals surface area contributed by atoms with E-state index in [-0.39, 0.29) is 5.56 Å². The molecule has 0 aliphatic heterocycles. The van der Waals surface area contributed by atoms with Gasteiger partial charge in [0.05, 0.1) is 0 Å². The molecule has 100 valence electrons. The molecule has 1 fully saturated rings. The molecule has 0 saturated heterocycles. The summed E-state index contributed by atoms with van der Waals surface area (Å²) in [6.07, 6.45) is 7.88. The van der Waals surface area contributed by atoms with Crippen molar-refractivity contribution in [2.45, 2.75) is 38.6 Å². The molecule has 0 aromatic carbocycles. The second-order valence-electron chi connectivity index (χ2n) is 4.72. The van der Waals surface area contributed by atoms with Crippen molar-refractivity contribution in [3.05, 3.63) is 22.7 Å². The fourth-order valence-electron chi connectivity index (χ4n) is 2.05. The number of alkyl halides is 1. The second-order valence-corrected chi connectivity index (χ2v) is 5.10. The van der Waals surface area contributed by atoms with Crippen LogP contribution in [-0.2, 0) is 0 Å². The number of anilines is 1. The highest BCUT2D eigenvalue weighted by molar-refractivity contribution is 6.18. The van der Waals surface area contributed by atoms with E-state index in [2.05, 4.69) is 11.9 Å². The Balaban J connectivity index is 2.22. The molecular formula is C13H20ClN3O. The lowest BCUT2D eigenvalue weighted by molar-refractivity contribution is 0.672. The minimum Gasteiger partial charge on any atom is -0.351 e. The zero-order valence-electron chi connectivity index (χ0n) is 10.8. The maximum atomic E-state index is 12.3. The number of hydrogen-bond acceptors (Lipinski definition) is 3. The van der Waals surface area contributed by atoms with Gasteiger partial charge in [-0.3, -0.25) is 4.79 Å². The van der Waals surface area contributed by atoms with Gasteiger partial charge in [0.15, 0.2) is 5.82 Å². The van der Waals surface area contributed by atoms with Gasteiger partial charge in [-0.05, 0) is 19.3 Å². The Morgan fingerprint density at radius 3 is 2.89 bits per heavy atom. The van der Waals surface area contributed by atoms with Crippen LogP contribution >= 0.6 is 11.6 Å². The second kappa shape index (κ2) is 6.23. The van der Waals surface area contributed by atoms with Gasteiger partial charge in [-0.15, -0.1) is 11.6 Å². The molecule has 0 N–H and O–H groups in total.